The highest BCUT2D eigenvalue weighted by molar-refractivity contribution is 5.96. The van der Waals surface area contributed by atoms with E-state index in [-0.39, 0.29) is 37.8 Å². The Kier molecular flexibility index (Phi) is 4.14. The van der Waals surface area contributed by atoms with Crippen LogP contribution >= 0.6 is 0 Å². The van der Waals surface area contributed by atoms with Gasteiger partial charge >= 0.3 is 6.18 Å². The van der Waals surface area contributed by atoms with Crippen molar-refractivity contribution >= 4 is 5.91 Å². The standard InChI is InChI=1S/C20H18F3NO3/c21-20(22,23)15-7-3-1-6-14(15)18(26)24-9-16-13-5-2-4-8-17(13)27-12-19(16,10-24)11-25/h1-8,16,25H,9-12H2/t16-,19-/m1/s1. The molecule has 7 heteroatoms. The number of amides is 1. The van der Waals surface area contributed by atoms with Gasteiger partial charge in [0.1, 0.15) is 5.75 Å². The SMILES string of the molecule is O=C(c1ccccc1C(F)(F)F)N1C[C@@H]2c3ccccc3OC[C@]2(CO)C1. The quantitative estimate of drug-likeness (QED) is 0.874. The van der Waals surface area contributed by atoms with Crippen LogP contribution in [-0.4, -0.2) is 42.2 Å². The van der Waals surface area contributed by atoms with Crippen molar-refractivity contribution in [3.05, 3.63) is 65.2 Å². The molecule has 1 fully saturated rings. The van der Waals surface area contributed by atoms with Gasteiger partial charge in [0, 0.05) is 19.0 Å². The minimum atomic E-state index is -4.61. The molecule has 2 aliphatic heterocycles. The smallest absolute Gasteiger partial charge is 0.417 e. The van der Waals surface area contributed by atoms with Crippen molar-refractivity contribution in [2.45, 2.75) is 12.1 Å². The lowest BCUT2D eigenvalue weighted by Gasteiger charge is -2.37. The lowest BCUT2D eigenvalue weighted by Crippen LogP contribution is -2.42. The number of hydrogen-bond acceptors (Lipinski definition) is 3. The summed E-state index contributed by atoms with van der Waals surface area (Å²) in [5.74, 6) is -0.173. The van der Waals surface area contributed by atoms with Gasteiger partial charge in [-0.15, -0.1) is 0 Å². The van der Waals surface area contributed by atoms with E-state index in [2.05, 4.69) is 0 Å². The number of hydrogen-bond donors (Lipinski definition) is 1. The molecule has 27 heavy (non-hydrogen) atoms. The molecule has 142 valence electrons. The summed E-state index contributed by atoms with van der Waals surface area (Å²) in [5, 5.41) is 10.0. The minimum Gasteiger partial charge on any atom is -0.493 e. The van der Waals surface area contributed by atoms with Gasteiger partial charge in [-0.2, -0.15) is 13.2 Å². The fraction of sp³-hybridized carbons (Fsp3) is 0.350. The zero-order chi connectivity index (χ0) is 19.2. The van der Waals surface area contributed by atoms with E-state index in [1.54, 1.807) is 0 Å². The van der Waals surface area contributed by atoms with Crippen LogP contribution in [0.5, 0.6) is 5.75 Å². The molecule has 0 bridgehead atoms. The molecule has 1 saturated heterocycles. The van der Waals surface area contributed by atoms with E-state index in [1.165, 1.54) is 23.1 Å². The zero-order valence-corrected chi connectivity index (χ0v) is 14.4. The molecule has 0 aliphatic carbocycles. The summed E-state index contributed by atoms with van der Waals surface area (Å²) in [6, 6.07) is 12.2. The van der Waals surface area contributed by atoms with Crippen LogP contribution in [-0.2, 0) is 6.18 Å². The molecule has 2 aromatic rings. The number of aliphatic hydroxyl groups is 1. The molecule has 1 N–H and O–H groups in total. The Morgan fingerprint density at radius 3 is 2.63 bits per heavy atom. The lowest BCUT2D eigenvalue weighted by atomic mass is 9.74. The minimum absolute atomic E-state index is 0.146. The van der Waals surface area contributed by atoms with Gasteiger partial charge in [0.15, 0.2) is 0 Å². The molecular formula is C20H18F3NO3. The number of likely N-dealkylation sites (tertiary alicyclic amines) is 1. The number of carbonyl (C=O) groups is 1. The Morgan fingerprint density at radius 2 is 1.89 bits per heavy atom. The summed E-state index contributed by atoms with van der Waals surface area (Å²) >= 11 is 0. The number of para-hydroxylation sites is 1. The fourth-order valence-corrected chi connectivity index (χ4v) is 4.11. The normalized spacial score (nSPS) is 24.1. The van der Waals surface area contributed by atoms with Gasteiger partial charge in [-0.1, -0.05) is 30.3 Å². The average molecular weight is 377 g/mol. The van der Waals surface area contributed by atoms with Crippen molar-refractivity contribution in [3.8, 4) is 5.75 Å². The molecule has 2 aromatic carbocycles. The van der Waals surface area contributed by atoms with Crippen LogP contribution in [0.15, 0.2) is 48.5 Å². The highest BCUT2D eigenvalue weighted by atomic mass is 19.4. The number of rotatable bonds is 2. The second-order valence-electron chi connectivity index (χ2n) is 7.13. The lowest BCUT2D eigenvalue weighted by molar-refractivity contribution is -0.138. The Bertz CT molecular complexity index is 883. The molecule has 0 radical (unpaired) electrons. The van der Waals surface area contributed by atoms with Crippen LogP contribution in [0, 0.1) is 5.41 Å². The van der Waals surface area contributed by atoms with Crippen LogP contribution in [0.3, 0.4) is 0 Å². The van der Waals surface area contributed by atoms with E-state index < -0.39 is 23.1 Å². The van der Waals surface area contributed by atoms with Crippen molar-refractivity contribution < 1.29 is 27.8 Å². The first-order valence-corrected chi connectivity index (χ1v) is 8.64. The molecule has 4 nitrogen and oxygen atoms in total. The first kappa shape index (κ1) is 17.9. The third kappa shape index (κ3) is 2.86. The van der Waals surface area contributed by atoms with Crippen molar-refractivity contribution in [2.24, 2.45) is 5.41 Å². The third-order valence-electron chi connectivity index (χ3n) is 5.52. The third-order valence-corrected chi connectivity index (χ3v) is 5.52. The monoisotopic (exact) mass is 377 g/mol. The van der Waals surface area contributed by atoms with Crippen LogP contribution in [0.25, 0.3) is 0 Å². The Hall–Kier alpha value is -2.54. The molecule has 2 atom stereocenters. The summed E-state index contributed by atoms with van der Waals surface area (Å²) in [7, 11) is 0. The Balaban J connectivity index is 1.69. The van der Waals surface area contributed by atoms with E-state index in [0.717, 1.165) is 11.6 Å². The van der Waals surface area contributed by atoms with Gasteiger partial charge in [0.25, 0.3) is 5.91 Å². The van der Waals surface area contributed by atoms with Crippen molar-refractivity contribution in [3.63, 3.8) is 0 Å². The number of aliphatic hydroxyl groups excluding tert-OH is 1. The van der Waals surface area contributed by atoms with Gasteiger partial charge in [0.05, 0.1) is 29.8 Å². The second kappa shape index (κ2) is 6.27. The van der Waals surface area contributed by atoms with Gasteiger partial charge in [0.2, 0.25) is 0 Å². The summed E-state index contributed by atoms with van der Waals surface area (Å²) in [6.07, 6.45) is -4.61. The summed E-state index contributed by atoms with van der Waals surface area (Å²) in [6.45, 7) is 0.395. The fourth-order valence-electron chi connectivity index (χ4n) is 4.11. The van der Waals surface area contributed by atoms with Gasteiger partial charge < -0.3 is 14.7 Å². The molecule has 4 rings (SSSR count). The number of halogens is 3. The molecule has 0 unspecified atom stereocenters. The summed E-state index contributed by atoms with van der Waals surface area (Å²) in [5.41, 5.74) is -1.15. The van der Waals surface area contributed by atoms with Crippen molar-refractivity contribution in [1.82, 2.24) is 4.90 Å². The molecule has 2 aliphatic rings. The topological polar surface area (TPSA) is 49.8 Å². The largest absolute Gasteiger partial charge is 0.493 e. The highest BCUT2D eigenvalue weighted by Crippen LogP contribution is 2.49. The summed E-state index contributed by atoms with van der Waals surface area (Å²) in [4.78, 5) is 14.3. The first-order valence-electron chi connectivity index (χ1n) is 8.64. The van der Waals surface area contributed by atoms with E-state index in [4.69, 9.17) is 4.74 Å². The van der Waals surface area contributed by atoms with E-state index in [1.807, 2.05) is 24.3 Å². The first-order chi connectivity index (χ1) is 12.9. The maximum absolute atomic E-state index is 13.3. The molecule has 2 heterocycles. The van der Waals surface area contributed by atoms with Crippen LogP contribution < -0.4 is 4.74 Å². The average Bonchev–Trinajstić information content (AvgIpc) is 3.07. The molecule has 0 aromatic heterocycles. The maximum Gasteiger partial charge on any atom is 0.417 e. The predicted octanol–water partition coefficient (Wildman–Crippen LogP) is 3.32. The van der Waals surface area contributed by atoms with Gasteiger partial charge in [-0.3, -0.25) is 4.79 Å². The number of fused-ring (bicyclic) bond motifs is 3. The predicted molar refractivity (Wildman–Crippen MR) is 91.5 cm³/mol. The number of carbonyl (C=O) groups excluding carboxylic acids is 1. The molecule has 0 saturated carbocycles. The number of alkyl halides is 3. The van der Waals surface area contributed by atoms with Gasteiger partial charge in [-0.05, 0) is 23.8 Å². The number of nitrogens with zero attached hydrogens (tertiary/aromatic N) is 1. The maximum atomic E-state index is 13.3. The molecule has 0 spiro atoms. The van der Waals surface area contributed by atoms with E-state index in [0.29, 0.717) is 5.75 Å². The van der Waals surface area contributed by atoms with Gasteiger partial charge in [-0.25, -0.2) is 0 Å². The number of benzene rings is 2. The number of ether oxygens (including phenoxy) is 1. The Labute approximate surface area is 154 Å². The second-order valence-corrected chi connectivity index (χ2v) is 7.13. The Morgan fingerprint density at radius 1 is 1.19 bits per heavy atom. The zero-order valence-electron chi connectivity index (χ0n) is 14.4. The highest BCUT2D eigenvalue weighted by Gasteiger charge is 2.52. The van der Waals surface area contributed by atoms with E-state index in [9.17, 15) is 23.1 Å². The van der Waals surface area contributed by atoms with Crippen molar-refractivity contribution in [2.75, 3.05) is 26.3 Å². The molecular weight excluding hydrogens is 359 g/mol. The van der Waals surface area contributed by atoms with Crippen LogP contribution in [0.2, 0.25) is 0 Å². The van der Waals surface area contributed by atoms with E-state index >= 15 is 0 Å². The van der Waals surface area contributed by atoms with Crippen LogP contribution in [0.4, 0.5) is 13.2 Å². The van der Waals surface area contributed by atoms with Crippen molar-refractivity contribution in [1.29, 1.82) is 0 Å². The molecule has 1 amide bonds. The summed E-state index contributed by atoms with van der Waals surface area (Å²) < 4.78 is 45.7. The van der Waals surface area contributed by atoms with Crippen LogP contribution in [0.1, 0.15) is 27.4 Å².